The lowest BCUT2D eigenvalue weighted by Crippen LogP contribution is -2.12. The molecule has 0 heterocycles. The average Bonchev–Trinajstić information content (AvgIpc) is 2.48. The number of oxime groups is 1. The molecule has 2 aromatic rings. The van der Waals surface area contributed by atoms with Crippen LogP contribution in [0.4, 0.5) is 0 Å². The molecule has 0 fully saturated rings. The number of hydrogen-bond acceptors (Lipinski definition) is 4. The summed E-state index contributed by atoms with van der Waals surface area (Å²) in [7, 11) is 1.59. The molecule has 3 N–H and O–H groups in total. The van der Waals surface area contributed by atoms with Gasteiger partial charge in [-0.25, -0.2) is 0 Å². The van der Waals surface area contributed by atoms with E-state index in [1.54, 1.807) is 31.4 Å². The Morgan fingerprint density at radius 1 is 1.05 bits per heavy atom. The average molecular weight is 258 g/mol. The van der Waals surface area contributed by atoms with Crippen LogP contribution in [0.15, 0.2) is 53.7 Å². The molecule has 98 valence electrons. The normalized spacial score (nSPS) is 11.1. The summed E-state index contributed by atoms with van der Waals surface area (Å²) in [5.41, 5.74) is 6.10. The number of amidine groups is 1. The lowest BCUT2D eigenvalue weighted by atomic mass is 10.2. The summed E-state index contributed by atoms with van der Waals surface area (Å²) < 4.78 is 10.9. The second kappa shape index (κ2) is 5.77. The Kier molecular flexibility index (Phi) is 3.87. The SMILES string of the molecule is COc1ccccc1Oc1ccc(/C(N)=N/O)cc1. The van der Waals surface area contributed by atoms with Gasteiger partial charge in [0.2, 0.25) is 0 Å². The molecule has 0 amide bonds. The molecule has 0 aliphatic rings. The van der Waals surface area contributed by atoms with Crippen LogP contribution in [0.25, 0.3) is 0 Å². The lowest BCUT2D eigenvalue weighted by Gasteiger charge is -2.10. The summed E-state index contributed by atoms with van der Waals surface area (Å²) >= 11 is 0. The third kappa shape index (κ3) is 2.95. The van der Waals surface area contributed by atoms with Crippen molar-refractivity contribution < 1.29 is 14.7 Å². The predicted octanol–water partition coefficient (Wildman–Crippen LogP) is 2.58. The zero-order valence-corrected chi connectivity index (χ0v) is 10.4. The van der Waals surface area contributed by atoms with E-state index in [0.29, 0.717) is 22.8 Å². The number of nitrogens with two attached hydrogens (primary N) is 1. The molecule has 0 unspecified atom stereocenters. The number of ether oxygens (including phenoxy) is 2. The van der Waals surface area contributed by atoms with Crippen LogP contribution in [0, 0.1) is 0 Å². The summed E-state index contributed by atoms with van der Waals surface area (Å²) in [6.45, 7) is 0. The molecule has 5 heteroatoms. The third-order valence-electron chi connectivity index (χ3n) is 2.55. The molecule has 0 aliphatic heterocycles. The number of nitrogens with zero attached hydrogens (tertiary/aromatic N) is 1. The van der Waals surface area contributed by atoms with Gasteiger partial charge in [-0.15, -0.1) is 0 Å². The van der Waals surface area contributed by atoms with Crippen LogP contribution < -0.4 is 15.2 Å². The topological polar surface area (TPSA) is 77.1 Å². The van der Waals surface area contributed by atoms with Gasteiger partial charge in [-0.3, -0.25) is 0 Å². The second-order valence-corrected chi connectivity index (χ2v) is 3.76. The van der Waals surface area contributed by atoms with Crippen LogP contribution >= 0.6 is 0 Å². The molecule has 19 heavy (non-hydrogen) atoms. The molecule has 0 aliphatic carbocycles. The van der Waals surface area contributed by atoms with E-state index in [2.05, 4.69) is 5.16 Å². The molecule has 0 saturated heterocycles. The van der Waals surface area contributed by atoms with Gasteiger partial charge in [0.25, 0.3) is 0 Å². The highest BCUT2D eigenvalue weighted by molar-refractivity contribution is 5.97. The van der Waals surface area contributed by atoms with Gasteiger partial charge in [-0.2, -0.15) is 0 Å². The fourth-order valence-corrected chi connectivity index (χ4v) is 1.58. The van der Waals surface area contributed by atoms with Gasteiger partial charge < -0.3 is 20.4 Å². The van der Waals surface area contributed by atoms with E-state index >= 15 is 0 Å². The first-order valence-corrected chi connectivity index (χ1v) is 5.63. The van der Waals surface area contributed by atoms with Crippen LogP contribution in [0.2, 0.25) is 0 Å². The van der Waals surface area contributed by atoms with Crippen molar-refractivity contribution in [3.8, 4) is 17.2 Å². The Hall–Kier alpha value is -2.69. The quantitative estimate of drug-likeness (QED) is 0.382. The minimum absolute atomic E-state index is 0.0591. The Labute approximate surface area is 110 Å². The van der Waals surface area contributed by atoms with E-state index in [1.165, 1.54) is 0 Å². The van der Waals surface area contributed by atoms with Gasteiger partial charge in [-0.1, -0.05) is 17.3 Å². The van der Waals surface area contributed by atoms with Crippen molar-refractivity contribution in [3.63, 3.8) is 0 Å². The number of hydrogen-bond donors (Lipinski definition) is 2. The van der Waals surface area contributed by atoms with Gasteiger partial charge in [-0.05, 0) is 36.4 Å². The van der Waals surface area contributed by atoms with Crippen LogP contribution in [-0.2, 0) is 0 Å². The molecule has 2 aromatic carbocycles. The third-order valence-corrected chi connectivity index (χ3v) is 2.55. The second-order valence-electron chi connectivity index (χ2n) is 3.76. The Balaban J connectivity index is 2.20. The van der Waals surface area contributed by atoms with Crippen LogP contribution in [0.5, 0.6) is 17.2 Å². The van der Waals surface area contributed by atoms with E-state index in [4.69, 9.17) is 20.4 Å². The van der Waals surface area contributed by atoms with E-state index in [9.17, 15) is 0 Å². The van der Waals surface area contributed by atoms with E-state index in [1.807, 2.05) is 24.3 Å². The smallest absolute Gasteiger partial charge is 0.170 e. The predicted molar refractivity (Wildman–Crippen MR) is 72.0 cm³/mol. The summed E-state index contributed by atoms with van der Waals surface area (Å²) in [6, 6.07) is 14.3. The van der Waals surface area contributed by atoms with Crippen molar-refractivity contribution in [2.24, 2.45) is 10.9 Å². The summed E-state index contributed by atoms with van der Waals surface area (Å²) in [5.74, 6) is 1.98. The molecule has 5 nitrogen and oxygen atoms in total. The van der Waals surface area contributed by atoms with Crippen molar-refractivity contribution in [2.75, 3.05) is 7.11 Å². The zero-order valence-electron chi connectivity index (χ0n) is 10.4. The van der Waals surface area contributed by atoms with Crippen molar-refractivity contribution in [3.05, 3.63) is 54.1 Å². The zero-order chi connectivity index (χ0) is 13.7. The fourth-order valence-electron chi connectivity index (χ4n) is 1.58. The largest absolute Gasteiger partial charge is 0.493 e. The number of methoxy groups -OCH3 is 1. The Morgan fingerprint density at radius 3 is 2.26 bits per heavy atom. The molecular formula is C14H14N2O3. The van der Waals surface area contributed by atoms with Gasteiger partial charge in [0.1, 0.15) is 5.75 Å². The maximum atomic E-state index is 8.58. The van der Waals surface area contributed by atoms with Crippen LogP contribution in [0.1, 0.15) is 5.56 Å². The molecule has 0 aromatic heterocycles. The highest BCUT2D eigenvalue weighted by atomic mass is 16.5. The molecule has 0 spiro atoms. The van der Waals surface area contributed by atoms with Gasteiger partial charge in [0.05, 0.1) is 7.11 Å². The van der Waals surface area contributed by atoms with Crippen molar-refractivity contribution in [2.45, 2.75) is 0 Å². The van der Waals surface area contributed by atoms with E-state index < -0.39 is 0 Å². The number of rotatable bonds is 4. The van der Waals surface area contributed by atoms with Crippen molar-refractivity contribution in [1.82, 2.24) is 0 Å². The van der Waals surface area contributed by atoms with Crippen LogP contribution in [-0.4, -0.2) is 18.2 Å². The molecule has 0 saturated carbocycles. The molecular weight excluding hydrogens is 244 g/mol. The van der Waals surface area contributed by atoms with Gasteiger partial charge >= 0.3 is 0 Å². The summed E-state index contributed by atoms with van der Waals surface area (Å²) in [4.78, 5) is 0. The molecule has 0 radical (unpaired) electrons. The number of para-hydroxylation sites is 2. The Morgan fingerprint density at radius 2 is 1.68 bits per heavy atom. The van der Waals surface area contributed by atoms with Gasteiger partial charge in [0.15, 0.2) is 17.3 Å². The molecule has 2 rings (SSSR count). The fraction of sp³-hybridized carbons (Fsp3) is 0.0714. The first-order valence-electron chi connectivity index (χ1n) is 5.63. The first-order chi connectivity index (χ1) is 9.24. The van der Waals surface area contributed by atoms with Crippen molar-refractivity contribution >= 4 is 5.84 Å². The Bertz CT molecular complexity index is 579. The van der Waals surface area contributed by atoms with E-state index in [-0.39, 0.29) is 5.84 Å². The van der Waals surface area contributed by atoms with Crippen LogP contribution in [0.3, 0.4) is 0 Å². The minimum atomic E-state index is 0.0591. The maximum absolute atomic E-state index is 8.58. The maximum Gasteiger partial charge on any atom is 0.170 e. The van der Waals surface area contributed by atoms with Gasteiger partial charge in [0, 0.05) is 5.56 Å². The first kappa shape index (κ1) is 12.8. The standard InChI is InChI=1S/C14H14N2O3/c1-18-12-4-2-3-5-13(12)19-11-8-6-10(7-9-11)14(15)16-17/h2-9,17H,1H3,(H2,15,16). The highest BCUT2D eigenvalue weighted by Gasteiger charge is 2.05. The number of benzene rings is 2. The summed E-state index contributed by atoms with van der Waals surface area (Å²) in [6.07, 6.45) is 0. The summed E-state index contributed by atoms with van der Waals surface area (Å²) in [5, 5.41) is 11.5. The monoisotopic (exact) mass is 258 g/mol. The minimum Gasteiger partial charge on any atom is -0.493 e. The molecule has 0 atom stereocenters. The van der Waals surface area contributed by atoms with E-state index in [0.717, 1.165) is 0 Å². The van der Waals surface area contributed by atoms with Crippen molar-refractivity contribution in [1.29, 1.82) is 0 Å². The molecule has 0 bridgehead atoms. The lowest BCUT2D eigenvalue weighted by molar-refractivity contribution is 0.318. The highest BCUT2D eigenvalue weighted by Crippen LogP contribution is 2.30.